The Bertz CT molecular complexity index is 533. The van der Waals surface area contributed by atoms with Crippen LogP contribution in [0.4, 0.5) is 5.69 Å². The quantitative estimate of drug-likeness (QED) is 0.524. The van der Waals surface area contributed by atoms with E-state index >= 15 is 0 Å². The third-order valence-corrected chi connectivity index (χ3v) is 2.43. The van der Waals surface area contributed by atoms with Crippen LogP contribution in [0.25, 0.3) is 0 Å². The molecule has 0 saturated heterocycles. The Balaban J connectivity index is 2.78. The molecule has 20 heavy (non-hydrogen) atoms. The molecular formula is C12H15N3O4S. The van der Waals surface area contributed by atoms with Gasteiger partial charge in [0.05, 0.1) is 31.4 Å². The van der Waals surface area contributed by atoms with E-state index in [4.69, 9.17) is 15.2 Å². The number of ether oxygens (including phenoxy) is 2. The van der Waals surface area contributed by atoms with Crippen molar-refractivity contribution >= 4 is 34.7 Å². The van der Waals surface area contributed by atoms with Gasteiger partial charge < -0.3 is 25.8 Å². The first kappa shape index (κ1) is 15.7. The van der Waals surface area contributed by atoms with Crippen molar-refractivity contribution in [2.24, 2.45) is 5.73 Å². The van der Waals surface area contributed by atoms with Gasteiger partial charge in [0.25, 0.3) is 0 Å². The molecule has 0 heterocycles. The minimum absolute atomic E-state index is 0.0448. The van der Waals surface area contributed by atoms with Crippen molar-refractivity contribution in [1.82, 2.24) is 5.32 Å². The van der Waals surface area contributed by atoms with Crippen LogP contribution in [0.15, 0.2) is 18.2 Å². The van der Waals surface area contributed by atoms with Crippen LogP contribution in [0, 0.1) is 0 Å². The van der Waals surface area contributed by atoms with Crippen LogP contribution in [-0.4, -0.2) is 37.6 Å². The lowest BCUT2D eigenvalue weighted by molar-refractivity contribution is -0.135. The van der Waals surface area contributed by atoms with Gasteiger partial charge in [-0.2, -0.15) is 0 Å². The van der Waals surface area contributed by atoms with Gasteiger partial charge in [-0.25, -0.2) is 0 Å². The molecule has 0 radical (unpaired) electrons. The molecule has 0 aliphatic rings. The smallest absolute Gasteiger partial charge is 0.313 e. The molecule has 0 aliphatic heterocycles. The van der Waals surface area contributed by atoms with Crippen molar-refractivity contribution in [3.05, 3.63) is 18.2 Å². The van der Waals surface area contributed by atoms with Crippen molar-refractivity contribution < 1.29 is 19.1 Å². The maximum absolute atomic E-state index is 11.7. The van der Waals surface area contributed by atoms with E-state index in [1.807, 2.05) is 0 Å². The predicted molar refractivity (Wildman–Crippen MR) is 78.0 cm³/mol. The lowest BCUT2D eigenvalue weighted by Gasteiger charge is -2.11. The molecule has 1 aromatic rings. The molecule has 8 heteroatoms. The highest BCUT2D eigenvalue weighted by atomic mass is 32.1. The molecule has 0 bridgehead atoms. The fourth-order valence-corrected chi connectivity index (χ4v) is 1.41. The van der Waals surface area contributed by atoms with E-state index < -0.39 is 11.8 Å². The minimum atomic E-state index is -0.854. The summed E-state index contributed by atoms with van der Waals surface area (Å²) in [5.74, 6) is -0.776. The van der Waals surface area contributed by atoms with Crippen LogP contribution >= 0.6 is 12.2 Å². The van der Waals surface area contributed by atoms with Gasteiger partial charge >= 0.3 is 11.8 Å². The minimum Gasteiger partial charge on any atom is -0.497 e. The number of benzene rings is 1. The van der Waals surface area contributed by atoms with E-state index in [1.165, 1.54) is 20.3 Å². The highest BCUT2D eigenvalue weighted by Gasteiger charge is 2.16. The summed E-state index contributed by atoms with van der Waals surface area (Å²) >= 11 is 4.60. The van der Waals surface area contributed by atoms with Gasteiger partial charge in [-0.1, -0.05) is 12.2 Å². The number of hydrogen-bond acceptors (Lipinski definition) is 5. The van der Waals surface area contributed by atoms with Crippen molar-refractivity contribution in [2.75, 3.05) is 26.1 Å². The summed E-state index contributed by atoms with van der Waals surface area (Å²) in [5.41, 5.74) is 5.55. The van der Waals surface area contributed by atoms with Gasteiger partial charge in [0.2, 0.25) is 0 Å². The van der Waals surface area contributed by atoms with Crippen molar-refractivity contribution in [1.29, 1.82) is 0 Å². The zero-order valence-corrected chi connectivity index (χ0v) is 11.9. The van der Waals surface area contributed by atoms with E-state index in [0.717, 1.165) is 0 Å². The maximum Gasteiger partial charge on any atom is 0.313 e. The molecule has 1 aromatic carbocycles. The average Bonchev–Trinajstić information content (AvgIpc) is 2.44. The second-order valence-electron chi connectivity index (χ2n) is 3.67. The average molecular weight is 297 g/mol. The summed E-state index contributed by atoms with van der Waals surface area (Å²) in [6.07, 6.45) is 0. The third-order valence-electron chi connectivity index (χ3n) is 2.28. The van der Waals surface area contributed by atoms with Crippen LogP contribution in [0.1, 0.15) is 0 Å². The summed E-state index contributed by atoms with van der Waals surface area (Å²) in [6.45, 7) is -0.0448. The summed E-state index contributed by atoms with van der Waals surface area (Å²) in [4.78, 5) is 23.3. The number of hydrogen-bond donors (Lipinski definition) is 3. The van der Waals surface area contributed by atoms with Crippen molar-refractivity contribution in [2.45, 2.75) is 0 Å². The number of thiocarbonyl (C=S) groups is 1. The molecule has 2 amide bonds. The number of carbonyl (C=O) groups is 2. The van der Waals surface area contributed by atoms with E-state index in [1.54, 1.807) is 12.1 Å². The Morgan fingerprint density at radius 1 is 1.25 bits per heavy atom. The summed E-state index contributed by atoms with van der Waals surface area (Å²) < 4.78 is 10.1. The summed E-state index contributed by atoms with van der Waals surface area (Å²) in [5, 5.41) is 4.70. The van der Waals surface area contributed by atoms with Crippen molar-refractivity contribution in [3.8, 4) is 11.5 Å². The zero-order valence-electron chi connectivity index (χ0n) is 11.1. The highest BCUT2D eigenvalue weighted by Crippen LogP contribution is 2.28. The Kier molecular flexibility index (Phi) is 5.73. The van der Waals surface area contributed by atoms with E-state index in [2.05, 4.69) is 22.9 Å². The van der Waals surface area contributed by atoms with Crippen LogP contribution in [0.5, 0.6) is 11.5 Å². The second kappa shape index (κ2) is 7.29. The number of carbonyl (C=O) groups excluding carboxylic acids is 2. The number of nitrogens with two attached hydrogens (primary N) is 1. The van der Waals surface area contributed by atoms with Crippen LogP contribution < -0.4 is 25.8 Å². The number of amides is 2. The van der Waals surface area contributed by atoms with E-state index in [0.29, 0.717) is 17.2 Å². The monoisotopic (exact) mass is 297 g/mol. The molecule has 108 valence electrons. The topological polar surface area (TPSA) is 103 Å². The maximum atomic E-state index is 11.7. The molecule has 0 aliphatic carbocycles. The van der Waals surface area contributed by atoms with Crippen LogP contribution in [0.2, 0.25) is 0 Å². The third kappa shape index (κ3) is 4.39. The lowest BCUT2D eigenvalue weighted by atomic mass is 10.2. The molecular weight excluding hydrogens is 282 g/mol. The first-order chi connectivity index (χ1) is 9.47. The van der Waals surface area contributed by atoms with Crippen LogP contribution in [-0.2, 0) is 9.59 Å². The second-order valence-corrected chi connectivity index (χ2v) is 4.19. The van der Waals surface area contributed by atoms with Gasteiger partial charge in [0.1, 0.15) is 11.5 Å². The van der Waals surface area contributed by atoms with Gasteiger partial charge in [-0.3, -0.25) is 9.59 Å². The number of rotatable bonds is 5. The summed E-state index contributed by atoms with van der Waals surface area (Å²) in [7, 11) is 2.94. The molecule has 0 spiro atoms. The molecule has 7 nitrogen and oxygen atoms in total. The zero-order chi connectivity index (χ0) is 15.1. The normalized spacial score (nSPS) is 9.50. The summed E-state index contributed by atoms with van der Waals surface area (Å²) in [6, 6.07) is 4.82. The standard InChI is InChI=1S/C12H15N3O4S/c1-18-7-3-4-9(19-2)8(5-7)15-12(17)11(16)14-6-10(13)20/h3-5H,6H2,1-2H3,(H2,13,20)(H,14,16)(H,15,17). The fourth-order valence-electron chi connectivity index (χ4n) is 1.34. The first-order valence-electron chi connectivity index (χ1n) is 5.57. The van der Waals surface area contributed by atoms with Gasteiger partial charge in [0.15, 0.2) is 0 Å². The molecule has 0 aromatic heterocycles. The Labute approximate surface area is 121 Å². The predicted octanol–water partition coefficient (Wildman–Crippen LogP) is 0.0446. The highest BCUT2D eigenvalue weighted by molar-refractivity contribution is 7.80. The largest absolute Gasteiger partial charge is 0.497 e. The lowest BCUT2D eigenvalue weighted by Crippen LogP contribution is -2.39. The number of anilines is 1. The van der Waals surface area contributed by atoms with Gasteiger partial charge in [-0.05, 0) is 12.1 Å². The molecule has 0 fully saturated rings. The van der Waals surface area contributed by atoms with Crippen LogP contribution in [0.3, 0.4) is 0 Å². The molecule has 0 unspecified atom stereocenters. The Morgan fingerprint density at radius 2 is 1.95 bits per heavy atom. The first-order valence-corrected chi connectivity index (χ1v) is 5.98. The number of methoxy groups -OCH3 is 2. The fraction of sp³-hybridized carbons (Fsp3) is 0.250. The SMILES string of the molecule is COc1ccc(OC)c(NC(=O)C(=O)NCC(N)=S)c1. The van der Waals surface area contributed by atoms with Gasteiger partial charge in [-0.15, -0.1) is 0 Å². The van der Waals surface area contributed by atoms with Crippen molar-refractivity contribution in [3.63, 3.8) is 0 Å². The van der Waals surface area contributed by atoms with E-state index in [9.17, 15) is 9.59 Å². The Hall–Kier alpha value is -2.35. The molecule has 1 rings (SSSR count). The molecule has 4 N–H and O–H groups in total. The number of nitrogens with one attached hydrogen (secondary N) is 2. The molecule has 0 atom stereocenters. The van der Waals surface area contributed by atoms with Gasteiger partial charge in [0, 0.05) is 6.07 Å². The van der Waals surface area contributed by atoms with E-state index in [-0.39, 0.29) is 11.5 Å². The Morgan fingerprint density at radius 3 is 2.50 bits per heavy atom. The molecule has 0 saturated carbocycles.